The van der Waals surface area contributed by atoms with E-state index in [9.17, 15) is 18.5 Å². The number of hydrogen-bond donors (Lipinski definition) is 2. The van der Waals surface area contributed by atoms with Crippen molar-refractivity contribution >= 4 is 39.3 Å². The molecule has 3 aromatic rings. The van der Waals surface area contributed by atoms with Gasteiger partial charge in [-0.15, -0.1) is 0 Å². The minimum Gasteiger partial charge on any atom is -0.325 e. The minimum atomic E-state index is -3.87. The van der Waals surface area contributed by atoms with Gasteiger partial charge in [0.15, 0.2) is 0 Å². The fraction of sp³-hybridized carbons (Fsp3) is 0.292. The Morgan fingerprint density at radius 2 is 1.94 bits per heavy atom. The van der Waals surface area contributed by atoms with Gasteiger partial charge in [0.25, 0.3) is 10.0 Å². The fourth-order valence-electron chi connectivity index (χ4n) is 3.71. The van der Waals surface area contributed by atoms with Gasteiger partial charge in [-0.1, -0.05) is 18.7 Å². The zero-order valence-electron chi connectivity index (χ0n) is 19.2. The van der Waals surface area contributed by atoms with E-state index in [1.807, 2.05) is 6.07 Å². The summed E-state index contributed by atoms with van der Waals surface area (Å²) in [7, 11) is -3.87. The number of aryl methyl sites for hydroxylation is 1. The van der Waals surface area contributed by atoms with Crippen molar-refractivity contribution < 1.29 is 13.2 Å². The third-order valence-corrected chi connectivity index (χ3v) is 8.05. The standard InChI is InChI=1S/C24H24N6O3S2/c1-15-4-9-21-17(12-15)13-18(14-25)23(29-21)34-16(2)22(31)28-19-5-7-20(8-6-19)35(32,33)30-24-26-10-3-11-27-24/h3,5-8,10-11,13,15-16H,4,9,12H2,1-2H3,(H,28,31)(H,26,27,30). The quantitative estimate of drug-likeness (QED) is 0.460. The summed E-state index contributed by atoms with van der Waals surface area (Å²) in [6.45, 7) is 3.94. The Bertz CT molecular complexity index is 1370. The number of pyridine rings is 1. The summed E-state index contributed by atoms with van der Waals surface area (Å²) < 4.78 is 27.3. The number of fused-ring (bicyclic) bond motifs is 1. The van der Waals surface area contributed by atoms with Gasteiger partial charge in [0.05, 0.1) is 15.7 Å². The molecule has 0 radical (unpaired) electrons. The van der Waals surface area contributed by atoms with Gasteiger partial charge < -0.3 is 5.32 Å². The van der Waals surface area contributed by atoms with Crippen LogP contribution < -0.4 is 10.0 Å². The third kappa shape index (κ3) is 5.96. The zero-order chi connectivity index (χ0) is 25.0. The van der Waals surface area contributed by atoms with E-state index >= 15 is 0 Å². The van der Waals surface area contributed by atoms with Crippen molar-refractivity contribution in [1.82, 2.24) is 15.0 Å². The topological polar surface area (TPSA) is 138 Å². The van der Waals surface area contributed by atoms with Crippen LogP contribution in [-0.4, -0.2) is 34.5 Å². The molecule has 0 aliphatic heterocycles. The Labute approximate surface area is 208 Å². The average molecular weight is 509 g/mol. The molecule has 2 unspecified atom stereocenters. The summed E-state index contributed by atoms with van der Waals surface area (Å²) >= 11 is 1.24. The molecule has 0 fully saturated rings. The molecule has 4 rings (SSSR count). The van der Waals surface area contributed by atoms with Crippen LogP contribution in [0.2, 0.25) is 0 Å². The maximum Gasteiger partial charge on any atom is 0.264 e. The Kier molecular flexibility index (Phi) is 7.33. The summed E-state index contributed by atoms with van der Waals surface area (Å²) in [5.41, 5.74) is 3.05. The molecule has 180 valence electrons. The number of thioether (sulfide) groups is 1. The van der Waals surface area contributed by atoms with Crippen LogP contribution in [-0.2, 0) is 27.7 Å². The number of nitriles is 1. The van der Waals surface area contributed by atoms with Gasteiger partial charge in [0.2, 0.25) is 11.9 Å². The number of nitrogens with zero attached hydrogens (tertiary/aromatic N) is 4. The van der Waals surface area contributed by atoms with Crippen LogP contribution >= 0.6 is 11.8 Å². The molecular weight excluding hydrogens is 484 g/mol. The van der Waals surface area contributed by atoms with Crippen molar-refractivity contribution in [2.24, 2.45) is 5.92 Å². The molecule has 35 heavy (non-hydrogen) atoms. The average Bonchev–Trinajstić information content (AvgIpc) is 2.84. The number of carbonyl (C=O) groups is 1. The van der Waals surface area contributed by atoms with Gasteiger partial charge in [-0.25, -0.2) is 28.1 Å². The first-order valence-electron chi connectivity index (χ1n) is 11.1. The molecule has 1 aliphatic rings. The smallest absolute Gasteiger partial charge is 0.264 e. The lowest BCUT2D eigenvalue weighted by molar-refractivity contribution is -0.115. The predicted molar refractivity (Wildman–Crippen MR) is 133 cm³/mol. The molecule has 2 heterocycles. The van der Waals surface area contributed by atoms with Gasteiger partial charge in [-0.05, 0) is 74.1 Å². The first-order chi connectivity index (χ1) is 16.7. The van der Waals surface area contributed by atoms with Crippen molar-refractivity contribution in [1.29, 1.82) is 5.26 Å². The second-order valence-corrected chi connectivity index (χ2v) is 11.4. The molecule has 11 heteroatoms. The van der Waals surface area contributed by atoms with Gasteiger partial charge in [0, 0.05) is 23.8 Å². The van der Waals surface area contributed by atoms with Crippen LogP contribution in [0.1, 0.15) is 37.1 Å². The van der Waals surface area contributed by atoms with Crippen LogP contribution in [0, 0.1) is 17.2 Å². The maximum atomic E-state index is 12.8. The number of anilines is 2. The monoisotopic (exact) mass is 508 g/mol. The highest BCUT2D eigenvalue weighted by molar-refractivity contribution is 8.00. The highest BCUT2D eigenvalue weighted by Crippen LogP contribution is 2.31. The summed E-state index contributed by atoms with van der Waals surface area (Å²) in [4.78, 5) is 25.2. The van der Waals surface area contributed by atoms with Crippen LogP contribution in [0.15, 0.2) is 58.7 Å². The molecule has 1 amide bonds. The number of rotatable bonds is 7. The van der Waals surface area contributed by atoms with Crippen molar-refractivity contribution in [2.75, 3.05) is 10.0 Å². The Hall–Kier alpha value is -3.49. The maximum absolute atomic E-state index is 12.8. The summed E-state index contributed by atoms with van der Waals surface area (Å²) in [6, 6.07) is 11.5. The number of sulfonamides is 1. The van der Waals surface area contributed by atoms with E-state index in [1.54, 1.807) is 13.0 Å². The lowest BCUT2D eigenvalue weighted by atomic mass is 9.87. The normalized spacial score (nSPS) is 16.0. The van der Waals surface area contributed by atoms with Gasteiger partial charge in [0.1, 0.15) is 11.1 Å². The van der Waals surface area contributed by atoms with Gasteiger partial charge in [-0.3, -0.25) is 4.79 Å². The van der Waals surface area contributed by atoms with Crippen LogP contribution in [0.5, 0.6) is 0 Å². The van der Waals surface area contributed by atoms with E-state index in [0.717, 1.165) is 30.5 Å². The Morgan fingerprint density at radius 1 is 1.23 bits per heavy atom. The summed E-state index contributed by atoms with van der Waals surface area (Å²) in [5.74, 6) is 0.263. The van der Waals surface area contributed by atoms with Gasteiger partial charge in [-0.2, -0.15) is 5.26 Å². The van der Waals surface area contributed by atoms with Crippen LogP contribution in [0.3, 0.4) is 0 Å². The first kappa shape index (κ1) is 24.6. The molecule has 0 saturated heterocycles. The Balaban J connectivity index is 1.41. The number of carbonyl (C=O) groups excluding carboxylic acids is 1. The zero-order valence-corrected chi connectivity index (χ0v) is 20.9. The molecule has 0 bridgehead atoms. The summed E-state index contributed by atoms with van der Waals surface area (Å²) in [5, 5.41) is 12.4. The number of nitrogens with one attached hydrogen (secondary N) is 2. The van der Waals surface area contributed by atoms with E-state index in [4.69, 9.17) is 4.98 Å². The molecule has 2 atom stereocenters. The van der Waals surface area contributed by atoms with Crippen molar-refractivity contribution in [3.8, 4) is 6.07 Å². The molecule has 1 aromatic carbocycles. The van der Waals surface area contributed by atoms with Crippen molar-refractivity contribution in [2.45, 2.75) is 48.3 Å². The minimum absolute atomic E-state index is 0.0108. The van der Waals surface area contributed by atoms with Crippen LogP contribution in [0.4, 0.5) is 11.6 Å². The highest BCUT2D eigenvalue weighted by atomic mass is 32.2. The highest BCUT2D eigenvalue weighted by Gasteiger charge is 2.23. The second-order valence-electron chi connectivity index (χ2n) is 8.36. The molecule has 1 aliphatic carbocycles. The van der Waals surface area contributed by atoms with E-state index < -0.39 is 15.3 Å². The molecule has 0 saturated carbocycles. The number of amides is 1. The van der Waals surface area contributed by atoms with E-state index in [2.05, 4.69) is 33.0 Å². The lowest BCUT2D eigenvalue weighted by Crippen LogP contribution is -2.23. The summed E-state index contributed by atoms with van der Waals surface area (Å²) in [6.07, 6.45) is 5.71. The lowest BCUT2D eigenvalue weighted by Gasteiger charge is -2.22. The van der Waals surface area contributed by atoms with E-state index in [1.165, 1.54) is 48.4 Å². The third-order valence-electron chi connectivity index (χ3n) is 5.60. The number of hydrogen-bond acceptors (Lipinski definition) is 8. The molecule has 9 nitrogen and oxygen atoms in total. The predicted octanol–water partition coefficient (Wildman–Crippen LogP) is 3.79. The van der Waals surface area contributed by atoms with Crippen molar-refractivity contribution in [3.63, 3.8) is 0 Å². The SMILES string of the molecule is CC1CCc2nc(SC(C)C(=O)Nc3ccc(S(=O)(=O)Nc4ncccn4)cc3)c(C#N)cc2C1. The van der Waals surface area contributed by atoms with E-state index in [-0.39, 0.29) is 16.8 Å². The number of aromatic nitrogens is 3. The van der Waals surface area contributed by atoms with E-state index in [0.29, 0.717) is 22.2 Å². The molecule has 2 N–H and O–H groups in total. The first-order valence-corrected chi connectivity index (χ1v) is 13.4. The second kappa shape index (κ2) is 10.4. The molecular formula is C24H24N6O3S2. The van der Waals surface area contributed by atoms with Crippen molar-refractivity contribution in [3.05, 3.63) is 65.6 Å². The Morgan fingerprint density at radius 3 is 2.63 bits per heavy atom. The number of benzene rings is 1. The fourth-order valence-corrected chi connectivity index (χ4v) is 5.56. The molecule has 0 spiro atoms. The molecule has 2 aromatic heterocycles. The van der Waals surface area contributed by atoms with Gasteiger partial charge >= 0.3 is 0 Å². The largest absolute Gasteiger partial charge is 0.325 e. The van der Waals surface area contributed by atoms with Crippen LogP contribution in [0.25, 0.3) is 0 Å².